The van der Waals surface area contributed by atoms with Crippen LogP contribution in [0.25, 0.3) is 0 Å². The number of hydrogen-bond donors (Lipinski definition) is 0. The van der Waals surface area contributed by atoms with Gasteiger partial charge in [-0.25, -0.2) is 8.42 Å². The van der Waals surface area contributed by atoms with E-state index in [1.807, 2.05) is 0 Å². The van der Waals surface area contributed by atoms with Crippen molar-refractivity contribution >= 4 is 15.9 Å². The SMILES string of the molecule is CCS(=O)(=O)N1CCOC2(COCCN(C(C)=O)C2)C1. The van der Waals surface area contributed by atoms with Crippen molar-refractivity contribution < 1.29 is 22.7 Å². The summed E-state index contributed by atoms with van der Waals surface area (Å²) in [5, 5.41) is 0. The lowest BCUT2D eigenvalue weighted by Crippen LogP contribution is -2.60. The molecule has 0 N–H and O–H groups in total. The van der Waals surface area contributed by atoms with Crippen molar-refractivity contribution in [3.05, 3.63) is 0 Å². The minimum atomic E-state index is -3.25. The first kappa shape index (κ1) is 15.7. The van der Waals surface area contributed by atoms with Crippen LogP contribution in [0.1, 0.15) is 13.8 Å². The van der Waals surface area contributed by atoms with E-state index in [0.29, 0.717) is 39.5 Å². The summed E-state index contributed by atoms with van der Waals surface area (Å²) < 4.78 is 36.8. The van der Waals surface area contributed by atoms with Crippen molar-refractivity contribution in [1.82, 2.24) is 9.21 Å². The van der Waals surface area contributed by atoms with Gasteiger partial charge in [0.05, 0.1) is 32.1 Å². The average Bonchev–Trinajstić information content (AvgIpc) is 2.62. The monoisotopic (exact) mass is 306 g/mol. The van der Waals surface area contributed by atoms with Crippen molar-refractivity contribution in [1.29, 1.82) is 0 Å². The maximum atomic E-state index is 12.0. The predicted octanol–water partition coefficient (Wildman–Crippen LogP) is -0.714. The normalized spacial score (nSPS) is 29.4. The van der Waals surface area contributed by atoms with Crippen molar-refractivity contribution in [2.24, 2.45) is 0 Å². The predicted molar refractivity (Wildman–Crippen MR) is 72.8 cm³/mol. The fourth-order valence-electron chi connectivity index (χ4n) is 2.59. The van der Waals surface area contributed by atoms with Crippen LogP contribution in [0.2, 0.25) is 0 Å². The lowest BCUT2D eigenvalue weighted by atomic mass is 10.0. The molecule has 0 aliphatic carbocycles. The number of ether oxygens (including phenoxy) is 2. The van der Waals surface area contributed by atoms with Gasteiger partial charge in [0.25, 0.3) is 0 Å². The Balaban J connectivity index is 2.17. The molecule has 0 aromatic rings. The molecular formula is C12H22N2O5S. The molecule has 2 aliphatic rings. The lowest BCUT2D eigenvalue weighted by molar-refractivity contribution is -0.142. The van der Waals surface area contributed by atoms with Gasteiger partial charge in [-0.05, 0) is 6.92 Å². The molecule has 2 aliphatic heterocycles. The molecule has 2 saturated heterocycles. The highest BCUT2D eigenvalue weighted by Crippen LogP contribution is 2.24. The Labute approximate surface area is 119 Å². The Hall–Kier alpha value is -0.700. The summed E-state index contributed by atoms with van der Waals surface area (Å²) in [7, 11) is -3.25. The van der Waals surface area contributed by atoms with Crippen LogP contribution in [0, 0.1) is 0 Å². The van der Waals surface area contributed by atoms with E-state index in [9.17, 15) is 13.2 Å². The minimum absolute atomic E-state index is 0.0473. The number of carbonyl (C=O) groups is 1. The molecular weight excluding hydrogens is 284 g/mol. The number of rotatable bonds is 2. The van der Waals surface area contributed by atoms with Crippen molar-refractivity contribution in [2.75, 3.05) is 51.8 Å². The summed E-state index contributed by atoms with van der Waals surface area (Å²) in [6, 6.07) is 0. The number of nitrogens with zero attached hydrogens (tertiary/aromatic N) is 2. The molecule has 7 nitrogen and oxygen atoms in total. The molecule has 8 heteroatoms. The van der Waals surface area contributed by atoms with Gasteiger partial charge in [0.15, 0.2) is 0 Å². The van der Waals surface area contributed by atoms with Crippen LogP contribution >= 0.6 is 0 Å². The Morgan fingerprint density at radius 2 is 2.00 bits per heavy atom. The molecule has 1 unspecified atom stereocenters. The molecule has 0 aromatic heterocycles. The van der Waals surface area contributed by atoms with E-state index in [4.69, 9.17) is 9.47 Å². The zero-order valence-corrected chi connectivity index (χ0v) is 12.8. The Kier molecular flexibility index (Phi) is 4.68. The smallest absolute Gasteiger partial charge is 0.219 e. The van der Waals surface area contributed by atoms with Gasteiger partial charge in [0.2, 0.25) is 15.9 Å². The highest BCUT2D eigenvalue weighted by Gasteiger charge is 2.43. The maximum Gasteiger partial charge on any atom is 0.219 e. The van der Waals surface area contributed by atoms with Gasteiger partial charge in [0, 0.05) is 26.6 Å². The molecule has 0 radical (unpaired) electrons. The van der Waals surface area contributed by atoms with Gasteiger partial charge in [-0.1, -0.05) is 0 Å². The third kappa shape index (κ3) is 3.30. The van der Waals surface area contributed by atoms with Gasteiger partial charge in [-0.15, -0.1) is 0 Å². The topological polar surface area (TPSA) is 76.2 Å². The summed E-state index contributed by atoms with van der Waals surface area (Å²) in [5.41, 5.74) is -0.747. The summed E-state index contributed by atoms with van der Waals surface area (Å²) in [6.07, 6.45) is 0. The minimum Gasteiger partial charge on any atom is -0.376 e. The fourth-order valence-corrected chi connectivity index (χ4v) is 3.74. The van der Waals surface area contributed by atoms with E-state index < -0.39 is 15.6 Å². The van der Waals surface area contributed by atoms with Crippen LogP contribution in [0.4, 0.5) is 0 Å². The zero-order chi connectivity index (χ0) is 14.8. The first-order chi connectivity index (χ1) is 9.38. The summed E-state index contributed by atoms with van der Waals surface area (Å²) in [4.78, 5) is 13.3. The number of amides is 1. The van der Waals surface area contributed by atoms with Crippen molar-refractivity contribution in [2.45, 2.75) is 19.4 Å². The van der Waals surface area contributed by atoms with Crippen LogP contribution in [-0.2, 0) is 24.3 Å². The quantitative estimate of drug-likeness (QED) is 0.673. The molecule has 20 heavy (non-hydrogen) atoms. The van der Waals surface area contributed by atoms with Crippen molar-refractivity contribution in [3.63, 3.8) is 0 Å². The molecule has 0 saturated carbocycles. The third-order valence-corrected chi connectivity index (χ3v) is 5.59. The second-order valence-electron chi connectivity index (χ2n) is 5.26. The highest BCUT2D eigenvalue weighted by molar-refractivity contribution is 7.89. The van der Waals surface area contributed by atoms with Crippen LogP contribution in [0.3, 0.4) is 0 Å². The van der Waals surface area contributed by atoms with Gasteiger partial charge < -0.3 is 14.4 Å². The molecule has 2 rings (SSSR count). The zero-order valence-electron chi connectivity index (χ0n) is 12.0. The molecule has 2 heterocycles. The molecule has 1 atom stereocenters. The first-order valence-electron chi connectivity index (χ1n) is 6.84. The van der Waals surface area contributed by atoms with E-state index in [-0.39, 0.29) is 18.2 Å². The number of hydrogen-bond acceptors (Lipinski definition) is 5. The van der Waals surface area contributed by atoms with Gasteiger partial charge in [0.1, 0.15) is 5.60 Å². The van der Waals surface area contributed by atoms with Crippen LogP contribution in [0.15, 0.2) is 0 Å². The van der Waals surface area contributed by atoms with Gasteiger partial charge in [-0.2, -0.15) is 4.31 Å². The first-order valence-corrected chi connectivity index (χ1v) is 8.44. The standard InChI is InChI=1S/C12H22N2O5S/c1-3-20(16,17)14-5-7-19-12(9-14)8-13(11(2)15)4-6-18-10-12/h3-10H2,1-2H3. The van der Waals surface area contributed by atoms with E-state index >= 15 is 0 Å². The third-order valence-electron chi connectivity index (χ3n) is 3.77. The van der Waals surface area contributed by atoms with E-state index in [1.165, 1.54) is 11.2 Å². The highest BCUT2D eigenvalue weighted by atomic mass is 32.2. The average molecular weight is 306 g/mol. The molecule has 0 bridgehead atoms. The van der Waals surface area contributed by atoms with Crippen LogP contribution in [0.5, 0.6) is 0 Å². The molecule has 116 valence electrons. The molecule has 1 amide bonds. The molecule has 0 aromatic carbocycles. The van der Waals surface area contributed by atoms with E-state index in [0.717, 1.165) is 0 Å². The lowest BCUT2D eigenvalue weighted by Gasteiger charge is -2.42. The Bertz CT molecular complexity index is 466. The van der Waals surface area contributed by atoms with E-state index in [2.05, 4.69) is 0 Å². The molecule has 1 spiro atoms. The van der Waals surface area contributed by atoms with Crippen molar-refractivity contribution in [3.8, 4) is 0 Å². The summed E-state index contributed by atoms with van der Waals surface area (Å²) in [6.45, 7) is 5.71. The number of sulfonamides is 1. The Morgan fingerprint density at radius 3 is 2.65 bits per heavy atom. The summed E-state index contributed by atoms with van der Waals surface area (Å²) >= 11 is 0. The second-order valence-corrected chi connectivity index (χ2v) is 7.52. The largest absolute Gasteiger partial charge is 0.376 e. The fraction of sp³-hybridized carbons (Fsp3) is 0.917. The van der Waals surface area contributed by atoms with Crippen LogP contribution < -0.4 is 0 Å². The number of carbonyl (C=O) groups excluding carboxylic acids is 1. The maximum absolute atomic E-state index is 12.0. The van der Waals surface area contributed by atoms with E-state index in [1.54, 1.807) is 11.8 Å². The Morgan fingerprint density at radius 1 is 1.25 bits per heavy atom. The van der Waals surface area contributed by atoms with Gasteiger partial charge in [-0.3, -0.25) is 4.79 Å². The van der Waals surface area contributed by atoms with Crippen LogP contribution in [-0.4, -0.2) is 80.9 Å². The van der Waals surface area contributed by atoms with Gasteiger partial charge >= 0.3 is 0 Å². The summed E-state index contributed by atoms with van der Waals surface area (Å²) in [5.74, 6) is 0.0225. The number of morpholine rings is 1. The molecule has 2 fully saturated rings. The second kappa shape index (κ2) is 5.97.